The third kappa shape index (κ3) is 1.18. The Balaban J connectivity index is 2.81. The molecule has 1 aliphatic heterocycles. The lowest BCUT2D eigenvalue weighted by Gasteiger charge is -2.17. The molecule has 0 aromatic rings. The standard InChI is InChI=1S/C7H10N2O/c1-3-6-7(8-2)9-4-5-10-6/h3,9H,1-2,4-5H2. The first-order valence-corrected chi connectivity index (χ1v) is 3.08. The smallest absolute Gasteiger partial charge is 0.168 e. The predicted octanol–water partition coefficient (Wildman–Crippen LogP) is 0.662. The highest BCUT2D eigenvalue weighted by molar-refractivity contribution is 5.31. The van der Waals surface area contributed by atoms with Crippen LogP contribution in [0.25, 0.3) is 0 Å². The van der Waals surface area contributed by atoms with E-state index in [4.69, 9.17) is 4.74 Å². The van der Waals surface area contributed by atoms with E-state index in [-0.39, 0.29) is 0 Å². The Morgan fingerprint density at radius 1 is 1.70 bits per heavy atom. The van der Waals surface area contributed by atoms with Gasteiger partial charge in [-0.15, -0.1) is 0 Å². The molecule has 3 nitrogen and oxygen atoms in total. The Kier molecular flexibility index (Phi) is 2.10. The van der Waals surface area contributed by atoms with Gasteiger partial charge in [-0.05, 0) is 12.8 Å². The second-order valence-corrected chi connectivity index (χ2v) is 1.85. The Hall–Kier alpha value is -1.25. The third-order valence-corrected chi connectivity index (χ3v) is 1.23. The zero-order valence-corrected chi connectivity index (χ0v) is 5.76. The molecule has 0 spiro atoms. The van der Waals surface area contributed by atoms with Gasteiger partial charge in [0.15, 0.2) is 11.6 Å². The monoisotopic (exact) mass is 138 g/mol. The molecule has 54 valence electrons. The van der Waals surface area contributed by atoms with Crippen LogP contribution in [-0.4, -0.2) is 19.9 Å². The highest BCUT2D eigenvalue weighted by atomic mass is 16.5. The van der Waals surface area contributed by atoms with Gasteiger partial charge in [0.25, 0.3) is 0 Å². The molecular formula is C7H10N2O. The van der Waals surface area contributed by atoms with E-state index in [1.807, 2.05) is 0 Å². The van der Waals surface area contributed by atoms with Crippen LogP contribution in [0.15, 0.2) is 29.2 Å². The fraction of sp³-hybridized carbons (Fsp3) is 0.286. The largest absolute Gasteiger partial charge is 0.488 e. The predicted molar refractivity (Wildman–Crippen MR) is 40.7 cm³/mol. The average Bonchev–Trinajstić information content (AvgIpc) is 2.04. The molecule has 0 aromatic heterocycles. The van der Waals surface area contributed by atoms with Crippen molar-refractivity contribution >= 4 is 6.72 Å². The Morgan fingerprint density at radius 2 is 2.50 bits per heavy atom. The number of hydrogen-bond donors (Lipinski definition) is 1. The molecule has 0 aromatic carbocycles. The van der Waals surface area contributed by atoms with Crippen LogP contribution in [0.3, 0.4) is 0 Å². The number of nitrogens with one attached hydrogen (secondary N) is 1. The van der Waals surface area contributed by atoms with Crippen molar-refractivity contribution in [2.75, 3.05) is 13.2 Å². The number of aliphatic imine (C=N–C) groups is 1. The van der Waals surface area contributed by atoms with Gasteiger partial charge >= 0.3 is 0 Å². The topological polar surface area (TPSA) is 33.6 Å². The van der Waals surface area contributed by atoms with Crippen molar-refractivity contribution in [3.63, 3.8) is 0 Å². The summed E-state index contributed by atoms with van der Waals surface area (Å²) in [5, 5.41) is 3.02. The highest BCUT2D eigenvalue weighted by Gasteiger charge is 2.07. The van der Waals surface area contributed by atoms with Gasteiger partial charge in [-0.1, -0.05) is 6.58 Å². The number of rotatable bonds is 2. The minimum Gasteiger partial charge on any atom is -0.488 e. The molecule has 0 saturated carbocycles. The first-order valence-electron chi connectivity index (χ1n) is 3.08. The van der Waals surface area contributed by atoms with Gasteiger partial charge in [-0.3, -0.25) is 0 Å². The summed E-state index contributed by atoms with van der Waals surface area (Å²) in [6.07, 6.45) is 1.62. The molecule has 1 aliphatic rings. The third-order valence-electron chi connectivity index (χ3n) is 1.23. The summed E-state index contributed by atoms with van der Waals surface area (Å²) in [7, 11) is 0. The van der Waals surface area contributed by atoms with E-state index in [9.17, 15) is 0 Å². The van der Waals surface area contributed by atoms with E-state index >= 15 is 0 Å². The van der Waals surface area contributed by atoms with Crippen molar-refractivity contribution in [3.8, 4) is 0 Å². The molecule has 3 heteroatoms. The Morgan fingerprint density at radius 3 is 3.00 bits per heavy atom. The summed E-state index contributed by atoms with van der Waals surface area (Å²) < 4.78 is 5.20. The number of ether oxygens (including phenoxy) is 1. The van der Waals surface area contributed by atoms with Gasteiger partial charge in [-0.25, -0.2) is 4.99 Å². The summed E-state index contributed by atoms with van der Waals surface area (Å²) in [5.41, 5.74) is 0. The first-order chi connectivity index (χ1) is 4.88. The van der Waals surface area contributed by atoms with Gasteiger partial charge in [0.2, 0.25) is 0 Å². The van der Waals surface area contributed by atoms with E-state index in [1.54, 1.807) is 6.08 Å². The van der Waals surface area contributed by atoms with Crippen molar-refractivity contribution in [2.45, 2.75) is 0 Å². The van der Waals surface area contributed by atoms with Gasteiger partial charge in [0.1, 0.15) is 6.61 Å². The van der Waals surface area contributed by atoms with Crippen molar-refractivity contribution < 1.29 is 4.74 Å². The molecule has 1 N–H and O–H groups in total. The maximum absolute atomic E-state index is 5.20. The van der Waals surface area contributed by atoms with Gasteiger partial charge in [0, 0.05) is 0 Å². The molecule has 0 amide bonds. The van der Waals surface area contributed by atoms with E-state index in [1.165, 1.54) is 0 Å². The second kappa shape index (κ2) is 3.06. The quantitative estimate of drug-likeness (QED) is 0.569. The lowest BCUT2D eigenvalue weighted by molar-refractivity contribution is 0.203. The molecule has 0 saturated heterocycles. The van der Waals surface area contributed by atoms with Crippen LogP contribution < -0.4 is 5.32 Å². The van der Waals surface area contributed by atoms with Crippen molar-refractivity contribution in [3.05, 3.63) is 24.2 Å². The molecule has 10 heavy (non-hydrogen) atoms. The van der Waals surface area contributed by atoms with E-state index in [2.05, 4.69) is 23.6 Å². The number of nitrogens with zero attached hydrogens (tertiary/aromatic N) is 1. The maximum Gasteiger partial charge on any atom is 0.168 e. The van der Waals surface area contributed by atoms with Gasteiger partial charge in [0.05, 0.1) is 6.54 Å². The van der Waals surface area contributed by atoms with Crippen LogP contribution in [-0.2, 0) is 4.74 Å². The van der Waals surface area contributed by atoms with Gasteiger partial charge < -0.3 is 10.1 Å². The van der Waals surface area contributed by atoms with Crippen LogP contribution in [0, 0.1) is 0 Å². The number of hydrogen-bond acceptors (Lipinski definition) is 3. The minimum absolute atomic E-state index is 0.667. The molecule has 0 bridgehead atoms. The molecule has 0 fully saturated rings. The van der Waals surface area contributed by atoms with Crippen LogP contribution in [0.1, 0.15) is 0 Å². The number of allylic oxidation sites excluding steroid dienone is 1. The van der Waals surface area contributed by atoms with Crippen LogP contribution in [0.4, 0.5) is 0 Å². The lowest BCUT2D eigenvalue weighted by atomic mass is 10.4. The van der Waals surface area contributed by atoms with Crippen molar-refractivity contribution in [1.82, 2.24) is 5.32 Å². The molecular weight excluding hydrogens is 128 g/mol. The average molecular weight is 138 g/mol. The molecule has 1 rings (SSSR count). The fourth-order valence-electron chi connectivity index (χ4n) is 0.775. The Bertz CT molecular complexity index is 164. The lowest BCUT2D eigenvalue weighted by Crippen LogP contribution is -2.25. The first kappa shape index (κ1) is 6.86. The maximum atomic E-state index is 5.20. The summed E-state index contributed by atoms with van der Waals surface area (Å²) in [6, 6.07) is 0. The second-order valence-electron chi connectivity index (χ2n) is 1.85. The van der Waals surface area contributed by atoms with Gasteiger partial charge in [-0.2, -0.15) is 0 Å². The van der Waals surface area contributed by atoms with Crippen molar-refractivity contribution in [2.24, 2.45) is 4.99 Å². The zero-order valence-electron chi connectivity index (χ0n) is 5.76. The summed E-state index contributed by atoms with van der Waals surface area (Å²) in [4.78, 5) is 3.72. The van der Waals surface area contributed by atoms with Crippen LogP contribution in [0.5, 0.6) is 0 Å². The molecule has 0 atom stereocenters. The van der Waals surface area contributed by atoms with E-state index in [0.29, 0.717) is 18.2 Å². The molecule has 1 heterocycles. The van der Waals surface area contributed by atoms with Crippen molar-refractivity contribution in [1.29, 1.82) is 0 Å². The molecule has 0 radical (unpaired) electrons. The highest BCUT2D eigenvalue weighted by Crippen LogP contribution is 2.08. The normalized spacial score (nSPS) is 17.2. The zero-order chi connectivity index (χ0) is 7.40. The minimum atomic E-state index is 0.667. The molecule has 0 aliphatic carbocycles. The summed E-state index contributed by atoms with van der Waals surface area (Å²) >= 11 is 0. The van der Waals surface area contributed by atoms with Crippen LogP contribution in [0.2, 0.25) is 0 Å². The SMILES string of the molecule is C=CC1=C(N=C)NCCO1. The van der Waals surface area contributed by atoms with Crippen LogP contribution >= 0.6 is 0 Å². The fourth-order valence-corrected chi connectivity index (χ4v) is 0.775. The summed E-state index contributed by atoms with van der Waals surface area (Å²) in [5.74, 6) is 1.36. The summed E-state index contributed by atoms with van der Waals surface area (Å²) in [6.45, 7) is 8.41. The van der Waals surface area contributed by atoms with E-state index in [0.717, 1.165) is 6.54 Å². The van der Waals surface area contributed by atoms with E-state index < -0.39 is 0 Å². The molecule has 0 unspecified atom stereocenters. The Labute approximate surface area is 60.1 Å².